The Kier molecular flexibility index (Phi) is 4.16. The predicted octanol–water partition coefficient (Wildman–Crippen LogP) is 4.67. The zero-order valence-corrected chi connectivity index (χ0v) is 13.6. The first-order valence-electron chi connectivity index (χ1n) is 7.81. The third-order valence-corrected chi connectivity index (χ3v) is 5.93. The molecule has 0 aromatic heterocycles. The van der Waals surface area contributed by atoms with Crippen LogP contribution in [0.2, 0.25) is 0 Å². The largest absolute Gasteiger partial charge is 0.440 e. The molecular weight excluding hydrogens is 282 g/mol. The normalized spacial score (nSPS) is 25.9. The van der Waals surface area contributed by atoms with E-state index < -0.39 is 5.60 Å². The summed E-state index contributed by atoms with van der Waals surface area (Å²) >= 11 is 1.74. The molecule has 1 aromatic rings. The summed E-state index contributed by atoms with van der Waals surface area (Å²) in [6, 6.07) is 10.6. The van der Waals surface area contributed by atoms with Crippen molar-refractivity contribution in [2.75, 3.05) is 0 Å². The Hall–Kier alpha value is -1.16. The van der Waals surface area contributed by atoms with Crippen molar-refractivity contribution >= 4 is 17.9 Å². The Morgan fingerprint density at radius 1 is 1.14 bits per heavy atom. The Balaban J connectivity index is 1.83. The number of hydrogen-bond donors (Lipinski definition) is 0. The highest BCUT2D eigenvalue weighted by molar-refractivity contribution is 8.00. The van der Waals surface area contributed by atoms with E-state index in [1.54, 1.807) is 11.8 Å². The van der Waals surface area contributed by atoms with E-state index in [9.17, 15) is 4.79 Å². The van der Waals surface area contributed by atoms with Gasteiger partial charge in [0.05, 0.1) is 0 Å². The van der Waals surface area contributed by atoms with Gasteiger partial charge in [0.1, 0.15) is 11.0 Å². The summed E-state index contributed by atoms with van der Waals surface area (Å²) in [6.45, 7) is 4.04. The van der Waals surface area contributed by atoms with E-state index in [4.69, 9.17) is 4.74 Å². The Labute approximate surface area is 131 Å². The second-order valence-corrected chi connectivity index (χ2v) is 7.61. The number of thioether (sulfide) groups is 1. The summed E-state index contributed by atoms with van der Waals surface area (Å²) in [7, 11) is 0. The molecule has 21 heavy (non-hydrogen) atoms. The van der Waals surface area contributed by atoms with E-state index in [-0.39, 0.29) is 11.5 Å². The van der Waals surface area contributed by atoms with Gasteiger partial charge in [0.25, 0.3) is 0 Å². The summed E-state index contributed by atoms with van der Waals surface area (Å²) in [5.74, 6) is 0. The highest BCUT2D eigenvalue weighted by Gasteiger charge is 2.50. The van der Waals surface area contributed by atoms with Crippen LogP contribution in [0.25, 0.3) is 0 Å². The summed E-state index contributed by atoms with van der Waals surface area (Å²) < 4.78 is 5.67. The van der Waals surface area contributed by atoms with E-state index in [0.29, 0.717) is 6.04 Å². The van der Waals surface area contributed by atoms with Crippen molar-refractivity contribution in [3.05, 3.63) is 30.3 Å². The molecule has 2 fully saturated rings. The zero-order valence-electron chi connectivity index (χ0n) is 12.7. The number of carbonyl (C=O) groups is 1. The third kappa shape index (κ3) is 3.05. The van der Waals surface area contributed by atoms with Crippen LogP contribution in [0.15, 0.2) is 35.2 Å². The lowest BCUT2D eigenvalue weighted by Crippen LogP contribution is -2.45. The minimum atomic E-state index is -0.449. The third-order valence-electron chi connectivity index (χ3n) is 4.37. The smallest absolute Gasteiger partial charge is 0.411 e. The molecule has 0 radical (unpaired) electrons. The number of rotatable bonds is 3. The molecule has 0 bridgehead atoms. The molecule has 1 unspecified atom stereocenters. The molecule has 1 aliphatic heterocycles. The van der Waals surface area contributed by atoms with Crippen LogP contribution >= 0.6 is 11.8 Å². The van der Waals surface area contributed by atoms with Gasteiger partial charge in [-0.2, -0.15) is 0 Å². The van der Waals surface area contributed by atoms with Crippen LogP contribution in [0.1, 0.15) is 46.0 Å². The van der Waals surface area contributed by atoms with Gasteiger partial charge in [-0.15, -0.1) is 0 Å². The van der Waals surface area contributed by atoms with Crippen molar-refractivity contribution in [1.82, 2.24) is 4.90 Å². The number of carbonyl (C=O) groups excluding carboxylic acids is 1. The fourth-order valence-electron chi connectivity index (χ4n) is 3.29. The fraction of sp³-hybridized carbons (Fsp3) is 0.588. The van der Waals surface area contributed by atoms with Crippen LogP contribution in [0.4, 0.5) is 4.79 Å². The molecule has 3 rings (SSSR count). The second kappa shape index (κ2) is 5.91. The maximum atomic E-state index is 12.4. The van der Waals surface area contributed by atoms with Crippen molar-refractivity contribution in [2.24, 2.45) is 0 Å². The molecule has 1 saturated carbocycles. The minimum Gasteiger partial charge on any atom is -0.440 e. The standard InChI is InChI=1S/C17H23NO2S/c1-17(2)15(21-14-11-7-4-8-12-14)18(16(19)20-17)13-9-5-3-6-10-13/h4,7-8,11-13,15H,3,5-6,9-10H2,1-2H3. The van der Waals surface area contributed by atoms with Crippen molar-refractivity contribution in [1.29, 1.82) is 0 Å². The number of hydrogen-bond acceptors (Lipinski definition) is 3. The number of ether oxygens (including phenoxy) is 1. The molecule has 114 valence electrons. The van der Waals surface area contributed by atoms with Gasteiger partial charge in [-0.1, -0.05) is 49.2 Å². The number of nitrogens with zero attached hydrogens (tertiary/aromatic N) is 1. The van der Waals surface area contributed by atoms with E-state index in [1.807, 2.05) is 36.9 Å². The zero-order chi connectivity index (χ0) is 14.9. The lowest BCUT2D eigenvalue weighted by molar-refractivity contribution is 0.0817. The topological polar surface area (TPSA) is 29.5 Å². The SMILES string of the molecule is CC1(C)OC(=O)N(C2CCCCC2)C1Sc1ccccc1. The number of cyclic esters (lactones) is 1. The lowest BCUT2D eigenvalue weighted by Gasteiger charge is -2.35. The predicted molar refractivity (Wildman–Crippen MR) is 85.4 cm³/mol. The highest BCUT2D eigenvalue weighted by atomic mass is 32.2. The van der Waals surface area contributed by atoms with Crippen molar-refractivity contribution < 1.29 is 9.53 Å². The van der Waals surface area contributed by atoms with Gasteiger partial charge < -0.3 is 4.74 Å². The molecule has 3 nitrogen and oxygen atoms in total. The van der Waals surface area contributed by atoms with Crippen LogP contribution in [-0.4, -0.2) is 28.0 Å². The highest BCUT2D eigenvalue weighted by Crippen LogP contribution is 2.43. The summed E-state index contributed by atoms with van der Waals surface area (Å²) in [5, 5.41) is 0.0514. The Bertz CT molecular complexity index is 497. The van der Waals surface area contributed by atoms with Gasteiger partial charge in [-0.25, -0.2) is 4.79 Å². The molecule has 0 spiro atoms. The molecule has 4 heteroatoms. The quantitative estimate of drug-likeness (QED) is 0.813. The fourth-order valence-corrected chi connectivity index (χ4v) is 4.56. The Morgan fingerprint density at radius 3 is 2.48 bits per heavy atom. The van der Waals surface area contributed by atoms with E-state index in [0.717, 1.165) is 12.8 Å². The van der Waals surface area contributed by atoms with Crippen LogP contribution in [0.5, 0.6) is 0 Å². The first-order chi connectivity index (χ1) is 10.1. The Morgan fingerprint density at radius 2 is 1.81 bits per heavy atom. The minimum absolute atomic E-state index is 0.0514. The average Bonchev–Trinajstić information content (AvgIpc) is 2.70. The molecule has 1 aliphatic carbocycles. The van der Waals surface area contributed by atoms with Crippen molar-refractivity contribution in [3.63, 3.8) is 0 Å². The maximum absolute atomic E-state index is 12.4. The van der Waals surface area contributed by atoms with E-state index in [2.05, 4.69) is 12.1 Å². The molecule has 2 aliphatic rings. The van der Waals surface area contributed by atoms with Crippen LogP contribution in [-0.2, 0) is 4.74 Å². The lowest BCUT2D eigenvalue weighted by atomic mass is 9.94. The van der Waals surface area contributed by atoms with E-state index >= 15 is 0 Å². The van der Waals surface area contributed by atoms with Gasteiger partial charge in [0.2, 0.25) is 0 Å². The average molecular weight is 305 g/mol. The molecule has 1 saturated heterocycles. The maximum Gasteiger partial charge on any atom is 0.411 e. The van der Waals surface area contributed by atoms with Gasteiger partial charge >= 0.3 is 6.09 Å². The molecule has 1 aromatic carbocycles. The van der Waals surface area contributed by atoms with Crippen LogP contribution in [0, 0.1) is 0 Å². The molecule has 1 amide bonds. The monoisotopic (exact) mass is 305 g/mol. The first-order valence-corrected chi connectivity index (χ1v) is 8.69. The van der Waals surface area contributed by atoms with Crippen LogP contribution in [0.3, 0.4) is 0 Å². The molecule has 1 atom stereocenters. The van der Waals surface area contributed by atoms with Gasteiger partial charge in [0.15, 0.2) is 0 Å². The van der Waals surface area contributed by atoms with E-state index in [1.165, 1.54) is 24.2 Å². The summed E-state index contributed by atoms with van der Waals surface area (Å²) in [5.41, 5.74) is -0.449. The molecule has 0 N–H and O–H groups in total. The van der Waals surface area contributed by atoms with Gasteiger partial charge in [-0.05, 0) is 38.8 Å². The van der Waals surface area contributed by atoms with Crippen molar-refractivity contribution in [2.45, 2.75) is 67.9 Å². The number of benzene rings is 1. The molecule has 1 heterocycles. The first kappa shape index (κ1) is 14.8. The van der Waals surface area contributed by atoms with Crippen LogP contribution < -0.4 is 0 Å². The van der Waals surface area contributed by atoms with Gasteiger partial charge in [-0.3, -0.25) is 4.90 Å². The summed E-state index contributed by atoms with van der Waals surface area (Å²) in [4.78, 5) is 15.6. The number of amides is 1. The summed E-state index contributed by atoms with van der Waals surface area (Å²) in [6.07, 6.45) is 5.81. The molecular formula is C17H23NO2S. The van der Waals surface area contributed by atoms with Gasteiger partial charge in [0, 0.05) is 10.9 Å². The van der Waals surface area contributed by atoms with Crippen molar-refractivity contribution in [3.8, 4) is 0 Å². The second-order valence-electron chi connectivity index (χ2n) is 6.45.